The molecular weight excluding hydrogens is 224 g/mol. The second-order valence-corrected chi connectivity index (χ2v) is 5.30. The fourth-order valence-corrected chi connectivity index (χ4v) is 2.19. The molecular formula is C16H24O2. The summed E-state index contributed by atoms with van der Waals surface area (Å²) in [6, 6.07) is 7.50. The number of aliphatic carboxylic acids is 1. The number of carboxylic acid groups (broad SMARTS) is 1. The molecule has 1 aliphatic carbocycles. The van der Waals surface area contributed by atoms with Gasteiger partial charge in [0.1, 0.15) is 0 Å². The van der Waals surface area contributed by atoms with E-state index in [1.54, 1.807) is 0 Å². The first-order valence-electron chi connectivity index (χ1n) is 6.85. The van der Waals surface area contributed by atoms with Gasteiger partial charge in [-0.1, -0.05) is 68.9 Å². The Morgan fingerprint density at radius 2 is 1.72 bits per heavy atom. The van der Waals surface area contributed by atoms with Crippen molar-refractivity contribution in [3.8, 4) is 0 Å². The molecule has 100 valence electrons. The van der Waals surface area contributed by atoms with Crippen LogP contribution in [0, 0.1) is 12.8 Å². The summed E-state index contributed by atoms with van der Waals surface area (Å²) in [7, 11) is 0. The van der Waals surface area contributed by atoms with Gasteiger partial charge in [-0.05, 0) is 18.4 Å². The zero-order chi connectivity index (χ0) is 13.4. The van der Waals surface area contributed by atoms with Crippen molar-refractivity contribution in [3.63, 3.8) is 0 Å². The molecule has 1 aromatic rings. The Morgan fingerprint density at radius 1 is 1.17 bits per heavy atom. The zero-order valence-corrected chi connectivity index (χ0v) is 11.5. The van der Waals surface area contributed by atoms with Crippen molar-refractivity contribution in [1.29, 1.82) is 0 Å². The standard InChI is InChI=1S/C9H10O2.C7H14/c1-7-2-4-8(5-3-7)6-9(10)11;1-7-5-3-2-4-6-7/h2-5H,6H2,1H3,(H,10,11);7H,2-6H2,1H3. The lowest BCUT2D eigenvalue weighted by atomic mass is 9.91. The van der Waals surface area contributed by atoms with E-state index in [9.17, 15) is 4.79 Å². The van der Waals surface area contributed by atoms with Crippen LogP contribution < -0.4 is 0 Å². The van der Waals surface area contributed by atoms with Crippen LogP contribution in [0.15, 0.2) is 24.3 Å². The first-order chi connectivity index (χ1) is 8.58. The van der Waals surface area contributed by atoms with Gasteiger partial charge in [-0.15, -0.1) is 0 Å². The van der Waals surface area contributed by atoms with Gasteiger partial charge >= 0.3 is 5.97 Å². The first kappa shape index (κ1) is 14.7. The van der Waals surface area contributed by atoms with Gasteiger partial charge in [0, 0.05) is 0 Å². The lowest BCUT2D eigenvalue weighted by Gasteiger charge is -2.15. The molecule has 0 unspecified atom stereocenters. The van der Waals surface area contributed by atoms with Crippen molar-refractivity contribution in [3.05, 3.63) is 35.4 Å². The van der Waals surface area contributed by atoms with Crippen LogP contribution in [0.2, 0.25) is 0 Å². The van der Waals surface area contributed by atoms with E-state index in [0.717, 1.165) is 17.0 Å². The number of hydrogen-bond donors (Lipinski definition) is 1. The average molecular weight is 248 g/mol. The van der Waals surface area contributed by atoms with Crippen molar-refractivity contribution in [2.24, 2.45) is 5.92 Å². The fourth-order valence-electron chi connectivity index (χ4n) is 2.19. The van der Waals surface area contributed by atoms with Crippen LogP contribution in [-0.2, 0) is 11.2 Å². The molecule has 1 fully saturated rings. The van der Waals surface area contributed by atoms with Crippen molar-refractivity contribution in [2.75, 3.05) is 0 Å². The molecule has 0 saturated heterocycles. The van der Waals surface area contributed by atoms with Crippen molar-refractivity contribution in [2.45, 2.75) is 52.4 Å². The van der Waals surface area contributed by atoms with Gasteiger partial charge in [-0.2, -0.15) is 0 Å². The third-order valence-corrected chi connectivity index (χ3v) is 3.37. The molecule has 2 nitrogen and oxygen atoms in total. The third-order valence-electron chi connectivity index (χ3n) is 3.37. The summed E-state index contributed by atoms with van der Waals surface area (Å²) in [6.45, 7) is 4.34. The predicted molar refractivity (Wildman–Crippen MR) is 74.8 cm³/mol. The van der Waals surface area contributed by atoms with Gasteiger partial charge in [0.15, 0.2) is 0 Å². The van der Waals surface area contributed by atoms with E-state index in [1.165, 1.54) is 32.1 Å². The van der Waals surface area contributed by atoms with Gasteiger partial charge < -0.3 is 5.11 Å². The summed E-state index contributed by atoms with van der Waals surface area (Å²) in [4.78, 5) is 10.3. The van der Waals surface area contributed by atoms with E-state index in [4.69, 9.17) is 5.11 Å². The molecule has 2 rings (SSSR count). The fraction of sp³-hybridized carbons (Fsp3) is 0.562. The number of hydrogen-bond acceptors (Lipinski definition) is 1. The Hall–Kier alpha value is -1.31. The molecule has 0 bridgehead atoms. The van der Waals surface area contributed by atoms with E-state index in [2.05, 4.69) is 6.92 Å². The number of carbonyl (C=O) groups is 1. The average Bonchev–Trinajstić information content (AvgIpc) is 2.33. The van der Waals surface area contributed by atoms with E-state index < -0.39 is 5.97 Å². The molecule has 0 amide bonds. The lowest BCUT2D eigenvalue weighted by molar-refractivity contribution is -0.136. The number of rotatable bonds is 2. The maximum Gasteiger partial charge on any atom is 0.307 e. The number of benzene rings is 1. The summed E-state index contributed by atoms with van der Waals surface area (Å²) < 4.78 is 0. The first-order valence-corrected chi connectivity index (χ1v) is 6.85. The molecule has 1 aromatic carbocycles. The van der Waals surface area contributed by atoms with E-state index in [-0.39, 0.29) is 6.42 Å². The molecule has 0 aromatic heterocycles. The summed E-state index contributed by atoms with van der Waals surface area (Å²) in [5.74, 6) is 0.252. The van der Waals surface area contributed by atoms with Crippen LogP contribution in [0.4, 0.5) is 0 Å². The summed E-state index contributed by atoms with van der Waals surface area (Å²) in [5.41, 5.74) is 2.00. The van der Waals surface area contributed by atoms with Crippen molar-refractivity contribution < 1.29 is 9.90 Å². The van der Waals surface area contributed by atoms with Gasteiger partial charge in [-0.25, -0.2) is 0 Å². The van der Waals surface area contributed by atoms with Crippen LogP contribution in [-0.4, -0.2) is 11.1 Å². The molecule has 18 heavy (non-hydrogen) atoms. The second-order valence-electron chi connectivity index (χ2n) is 5.30. The van der Waals surface area contributed by atoms with Crippen molar-refractivity contribution >= 4 is 5.97 Å². The monoisotopic (exact) mass is 248 g/mol. The molecule has 0 atom stereocenters. The van der Waals surface area contributed by atoms with Crippen molar-refractivity contribution in [1.82, 2.24) is 0 Å². The number of aryl methyl sites for hydroxylation is 1. The Kier molecular flexibility index (Phi) is 6.48. The Morgan fingerprint density at radius 3 is 2.11 bits per heavy atom. The molecule has 2 heteroatoms. The molecule has 0 heterocycles. The van der Waals surface area contributed by atoms with Gasteiger partial charge in [0.05, 0.1) is 6.42 Å². The van der Waals surface area contributed by atoms with Crippen LogP contribution in [0.1, 0.15) is 50.2 Å². The third kappa shape index (κ3) is 6.43. The van der Waals surface area contributed by atoms with Gasteiger partial charge in [0.25, 0.3) is 0 Å². The molecule has 0 spiro atoms. The summed E-state index contributed by atoms with van der Waals surface area (Å²) in [6.07, 6.45) is 7.55. The molecule has 1 N–H and O–H groups in total. The molecule has 1 aliphatic rings. The molecule has 1 saturated carbocycles. The molecule has 0 aliphatic heterocycles. The van der Waals surface area contributed by atoms with Crippen LogP contribution in [0.3, 0.4) is 0 Å². The zero-order valence-electron chi connectivity index (χ0n) is 11.5. The second kappa shape index (κ2) is 7.91. The maximum absolute atomic E-state index is 10.3. The van der Waals surface area contributed by atoms with Crippen LogP contribution in [0.25, 0.3) is 0 Å². The van der Waals surface area contributed by atoms with Gasteiger partial charge in [0.2, 0.25) is 0 Å². The maximum atomic E-state index is 10.3. The van der Waals surface area contributed by atoms with E-state index >= 15 is 0 Å². The smallest absolute Gasteiger partial charge is 0.307 e. The van der Waals surface area contributed by atoms with Gasteiger partial charge in [-0.3, -0.25) is 4.79 Å². The lowest BCUT2D eigenvalue weighted by Crippen LogP contribution is -1.99. The highest BCUT2D eigenvalue weighted by Crippen LogP contribution is 2.22. The van der Waals surface area contributed by atoms with Crippen LogP contribution >= 0.6 is 0 Å². The quantitative estimate of drug-likeness (QED) is 0.851. The predicted octanol–water partition coefficient (Wildman–Crippen LogP) is 4.21. The minimum absolute atomic E-state index is 0.111. The summed E-state index contributed by atoms with van der Waals surface area (Å²) >= 11 is 0. The SMILES string of the molecule is CC1CCCCC1.Cc1ccc(CC(=O)O)cc1. The Bertz CT molecular complexity index is 348. The normalized spacial score (nSPS) is 15.7. The topological polar surface area (TPSA) is 37.3 Å². The minimum Gasteiger partial charge on any atom is -0.481 e. The Labute approximate surface area is 110 Å². The number of carboxylic acids is 1. The Balaban J connectivity index is 0.000000199. The van der Waals surface area contributed by atoms with E-state index in [0.29, 0.717) is 0 Å². The summed E-state index contributed by atoms with van der Waals surface area (Å²) in [5, 5.41) is 8.44. The minimum atomic E-state index is -0.783. The largest absolute Gasteiger partial charge is 0.481 e. The highest BCUT2D eigenvalue weighted by Gasteiger charge is 2.05. The highest BCUT2D eigenvalue weighted by molar-refractivity contribution is 5.70. The molecule has 0 radical (unpaired) electrons. The highest BCUT2D eigenvalue weighted by atomic mass is 16.4. The van der Waals surface area contributed by atoms with Crippen LogP contribution in [0.5, 0.6) is 0 Å². The van der Waals surface area contributed by atoms with E-state index in [1.807, 2.05) is 31.2 Å².